The van der Waals surface area contributed by atoms with Gasteiger partial charge in [-0.2, -0.15) is 0 Å². The van der Waals surface area contributed by atoms with E-state index in [1.807, 2.05) is 6.92 Å². The van der Waals surface area contributed by atoms with E-state index < -0.39 is 4.92 Å². The maximum Gasteiger partial charge on any atom is 0.296 e. The van der Waals surface area contributed by atoms with Crippen LogP contribution in [0.3, 0.4) is 0 Å². The highest BCUT2D eigenvalue weighted by Crippen LogP contribution is 2.37. The molecular formula is C12H16N2O4. The molecule has 0 saturated heterocycles. The third-order valence-electron chi connectivity index (χ3n) is 2.28. The molecule has 0 aromatic heterocycles. The third kappa shape index (κ3) is 3.13. The van der Waals surface area contributed by atoms with Gasteiger partial charge in [0.2, 0.25) is 0 Å². The van der Waals surface area contributed by atoms with Gasteiger partial charge >= 0.3 is 0 Å². The van der Waals surface area contributed by atoms with Crippen LogP contribution in [-0.4, -0.2) is 25.7 Å². The Morgan fingerprint density at radius 3 is 2.39 bits per heavy atom. The average Bonchev–Trinajstić information content (AvgIpc) is 2.34. The SMILES string of the molecule is C=C(C)CNc1cc(OC)c(OC)cc1[N+](=O)[O-]. The molecule has 0 radical (unpaired) electrons. The molecule has 0 atom stereocenters. The molecule has 0 amide bonds. The zero-order chi connectivity index (χ0) is 13.7. The number of anilines is 1. The summed E-state index contributed by atoms with van der Waals surface area (Å²) in [4.78, 5) is 10.5. The van der Waals surface area contributed by atoms with E-state index in [-0.39, 0.29) is 5.69 Å². The Hall–Kier alpha value is -2.24. The van der Waals surface area contributed by atoms with Gasteiger partial charge in [0.05, 0.1) is 25.2 Å². The Morgan fingerprint density at radius 1 is 1.39 bits per heavy atom. The summed E-state index contributed by atoms with van der Waals surface area (Å²) < 4.78 is 10.1. The molecule has 0 aliphatic heterocycles. The van der Waals surface area contributed by atoms with E-state index >= 15 is 0 Å². The second kappa shape index (κ2) is 5.90. The molecule has 0 bridgehead atoms. The lowest BCUT2D eigenvalue weighted by Gasteiger charge is -2.12. The van der Waals surface area contributed by atoms with Gasteiger partial charge in [0.15, 0.2) is 11.5 Å². The minimum atomic E-state index is -0.470. The lowest BCUT2D eigenvalue weighted by Crippen LogP contribution is -2.05. The summed E-state index contributed by atoms with van der Waals surface area (Å²) in [6.45, 7) is 6.02. The molecule has 6 heteroatoms. The van der Waals surface area contributed by atoms with Crippen LogP contribution in [0.15, 0.2) is 24.3 Å². The summed E-state index contributed by atoms with van der Waals surface area (Å²) in [5.41, 5.74) is 1.19. The van der Waals surface area contributed by atoms with E-state index in [0.717, 1.165) is 5.57 Å². The van der Waals surface area contributed by atoms with Crippen molar-refractivity contribution in [3.63, 3.8) is 0 Å². The quantitative estimate of drug-likeness (QED) is 0.478. The molecule has 0 saturated carbocycles. The smallest absolute Gasteiger partial charge is 0.296 e. The van der Waals surface area contributed by atoms with E-state index in [4.69, 9.17) is 9.47 Å². The summed E-state index contributed by atoms with van der Waals surface area (Å²) in [6, 6.07) is 2.87. The van der Waals surface area contributed by atoms with Crippen LogP contribution in [0.5, 0.6) is 11.5 Å². The van der Waals surface area contributed by atoms with Crippen LogP contribution in [0.4, 0.5) is 11.4 Å². The number of nitro benzene ring substituents is 1. The number of hydrogen-bond acceptors (Lipinski definition) is 5. The number of ether oxygens (including phenoxy) is 2. The molecule has 98 valence electrons. The molecule has 0 fully saturated rings. The van der Waals surface area contributed by atoms with Gasteiger partial charge in [-0.3, -0.25) is 10.1 Å². The number of methoxy groups -OCH3 is 2. The fourth-order valence-corrected chi connectivity index (χ4v) is 1.41. The first-order valence-corrected chi connectivity index (χ1v) is 5.28. The van der Waals surface area contributed by atoms with Crippen LogP contribution in [0.2, 0.25) is 0 Å². The van der Waals surface area contributed by atoms with Gasteiger partial charge in [-0.1, -0.05) is 12.2 Å². The Morgan fingerprint density at radius 2 is 1.94 bits per heavy atom. The summed E-state index contributed by atoms with van der Waals surface area (Å²) in [5.74, 6) is 0.761. The summed E-state index contributed by atoms with van der Waals surface area (Å²) in [5, 5.41) is 13.9. The highest BCUT2D eigenvalue weighted by molar-refractivity contribution is 5.68. The molecule has 18 heavy (non-hydrogen) atoms. The first-order valence-electron chi connectivity index (χ1n) is 5.28. The fraction of sp³-hybridized carbons (Fsp3) is 0.333. The van der Waals surface area contributed by atoms with E-state index in [2.05, 4.69) is 11.9 Å². The first kappa shape index (κ1) is 13.8. The second-order valence-electron chi connectivity index (χ2n) is 3.79. The third-order valence-corrected chi connectivity index (χ3v) is 2.28. The molecule has 6 nitrogen and oxygen atoms in total. The Labute approximate surface area is 105 Å². The molecule has 0 unspecified atom stereocenters. The molecule has 0 aliphatic carbocycles. The normalized spacial score (nSPS) is 9.72. The molecule has 1 aromatic carbocycles. The van der Waals surface area contributed by atoms with E-state index in [9.17, 15) is 10.1 Å². The lowest BCUT2D eigenvalue weighted by atomic mass is 10.2. The fourth-order valence-electron chi connectivity index (χ4n) is 1.41. The zero-order valence-electron chi connectivity index (χ0n) is 10.6. The molecule has 1 rings (SSSR count). The van der Waals surface area contributed by atoms with Crippen molar-refractivity contribution in [2.24, 2.45) is 0 Å². The number of nitrogens with zero attached hydrogens (tertiary/aromatic N) is 1. The molecule has 1 N–H and O–H groups in total. The lowest BCUT2D eigenvalue weighted by molar-refractivity contribution is -0.384. The van der Waals surface area contributed by atoms with Crippen molar-refractivity contribution in [1.82, 2.24) is 0 Å². The highest BCUT2D eigenvalue weighted by atomic mass is 16.6. The van der Waals surface area contributed by atoms with Gasteiger partial charge in [-0.15, -0.1) is 0 Å². The van der Waals surface area contributed by atoms with E-state index in [1.165, 1.54) is 20.3 Å². The van der Waals surface area contributed by atoms with Crippen molar-refractivity contribution in [2.45, 2.75) is 6.92 Å². The largest absolute Gasteiger partial charge is 0.493 e. The molecule has 1 aromatic rings. The predicted molar refractivity (Wildman–Crippen MR) is 69.5 cm³/mol. The van der Waals surface area contributed by atoms with Gasteiger partial charge in [0, 0.05) is 12.6 Å². The van der Waals surface area contributed by atoms with E-state index in [1.54, 1.807) is 6.07 Å². The van der Waals surface area contributed by atoms with Crippen molar-refractivity contribution in [3.05, 3.63) is 34.4 Å². The van der Waals surface area contributed by atoms with Crippen LogP contribution in [0.1, 0.15) is 6.92 Å². The van der Waals surface area contributed by atoms with Crippen LogP contribution in [-0.2, 0) is 0 Å². The monoisotopic (exact) mass is 252 g/mol. The average molecular weight is 252 g/mol. The van der Waals surface area contributed by atoms with Crippen molar-refractivity contribution in [3.8, 4) is 11.5 Å². The maximum absolute atomic E-state index is 11.0. The van der Waals surface area contributed by atoms with Crippen LogP contribution in [0, 0.1) is 10.1 Å². The van der Waals surface area contributed by atoms with Crippen molar-refractivity contribution >= 4 is 11.4 Å². The van der Waals surface area contributed by atoms with Crippen LogP contribution < -0.4 is 14.8 Å². The minimum absolute atomic E-state index is 0.0612. The van der Waals surface area contributed by atoms with Crippen molar-refractivity contribution in [2.75, 3.05) is 26.1 Å². The van der Waals surface area contributed by atoms with Crippen molar-refractivity contribution < 1.29 is 14.4 Å². The molecule has 0 aliphatic rings. The first-order chi connectivity index (χ1) is 8.49. The van der Waals surface area contributed by atoms with Gasteiger partial charge in [0.25, 0.3) is 5.69 Å². The Balaban J connectivity index is 3.20. The highest BCUT2D eigenvalue weighted by Gasteiger charge is 2.19. The second-order valence-corrected chi connectivity index (χ2v) is 3.79. The molecule has 0 spiro atoms. The summed E-state index contributed by atoms with van der Waals surface area (Å²) >= 11 is 0. The topological polar surface area (TPSA) is 73.6 Å². The van der Waals surface area contributed by atoms with Crippen LogP contribution in [0.25, 0.3) is 0 Å². The maximum atomic E-state index is 11.0. The number of nitro groups is 1. The van der Waals surface area contributed by atoms with E-state index in [0.29, 0.717) is 23.7 Å². The number of hydrogen-bond donors (Lipinski definition) is 1. The predicted octanol–water partition coefficient (Wildman–Crippen LogP) is 2.60. The number of rotatable bonds is 6. The molecule has 0 heterocycles. The Kier molecular flexibility index (Phi) is 4.53. The van der Waals surface area contributed by atoms with Gasteiger partial charge in [0.1, 0.15) is 5.69 Å². The van der Waals surface area contributed by atoms with Crippen LogP contribution >= 0.6 is 0 Å². The zero-order valence-corrected chi connectivity index (χ0v) is 10.6. The Bertz CT molecular complexity index is 471. The minimum Gasteiger partial charge on any atom is -0.493 e. The summed E-state index contributed by atoms with van der Waals surface area (Å²) in [6.07, 6.45) is 0. The van der Waals surface area contributed by atoms with Gasteiger partial charge in [-0.25, -0.2) is 0 Å². The molecular weight excluding hydrogens is 236 g/mol. The number of benzene rings is 1. The number of nitrogens with one attached hydrogen (secondary N) is 1. The standard InChI is InChI=1S/C12H16N2O4/c1-8(2)7-13-9-5-11(17-3)12(18-4)6-10(9)14(15)16/h5-6,13H,1,7H2,2-4H3. The summed E-state index contributed by atoms with van der Waals surface area (Å²) in [7, 11) is 2.91. The van der Waals surface area contributed by atoms with Crippen molar-refractivity contribution in [1.29, 1.82) is 0 Å². The van der Waals surface area contributed by atoms with Gasteiger partial charge < -0.3 is 14.8 Å². The van der Waals surface area contributed by atoms with Gasteiger partial charge in [-0.05, 0) is 6.92 Å².